The largest absolute Gasteiger partial charge is 0.478 e. The molecule has 0 aromatic rings. The van der Waals surface area contributed by atoms with Crippen LogP contribution in [-0.4, -0.2) is 92.6 Å². The molecular weight excluding hydrogens is 428 g/mol. The Kier molecular flexibility index (Phi) is 7.60. The lowest BCUT2D eigenvalue weighted by molar-refractivity contribution is -0.888. The first kappa shape index (κ1) is 25.1. The van der Waals surface area contributed by atoms with Gasteiger partial charge in [-0.15, -0.1) is 0 Å². The van der Waals surface area contributed by atoms with Gasteiger partial charge in [-0.3, -0.25) is 9.59 Å². The molecule has 4 rings (SSSR count). The van der Waals surface area contributed by atoms with Crippen molar-refractivity contribution in [2.24, 2.45) is 11.3 Å². The standard InChI is InChI=1S/C27H44N4O3/c1-5-31(3,4)16-8-6-7-9-25(32)30-14-11-27(12-15-30)18-22(27)19-28-26(33)23-17-21-10-13-29(2)20-24(21)34-23/h10,20,22-23H,5-9,11-19H2,1-4H3/p+1. The van der Waals surface area contributed by atoms with Crippen molar-refractivity contribution in [1.82, 2.24) is 15.1 Å². The highest BCUT2D eigenvalue weighted by Crippen LogP contribution is 2.59. The van der Waals surface area contributed by atoms with E-state index in [0.717, 1.165) is 74.2 Å². The predicted octanol–water partition coefficient (Wildman–Crippen LogP) is 2.89. The van der Waals surface area contributed by atoms with Crippen molar-refractivity contribution < 1.29 is 18.8 Å². The highest BCUT2D eigenvalue weighted by Gasteiger charge is 2.54. The smallest absolute Gasteiger partial charge is 0.261 e. The third kappa shape index (κ3) is 5.96. The quantitative estimate of drug-likeness (QED) is 0.392. The van der Waals surface area contributed by atoms with Crippen LogP contribution < -0.4 is 5.32 Å². The predicted molar refractivity (Wildman–Crippen MR) is 134 cm³/mol. The number of fused-ring (bicyclic) bond motifs is 1. The lowest BCUT2D eigenvalue weighted by atomic mass is 9.90. The van der Waals surface area contributed by atoms with Crippen molar-refractivity contribution in [2.75, 3.05) is 60.4 Å². The Morgan fingerprint density at radius 1 is 1.21 bits per heavy atom. The summed E-state index contributed by atoms with van der Waals surface area (Å²) in [6, 6.07) is 0. The van der Waals surface area contributed by atoms with Crippen molar-refractivity contribution in [1.29, 1.82) is 0 Å². The van der Waals surface area contributed by atoms with Crippen molar-refractivity contribution in [3.05, 3.63) is 23.6 Å². The van der Waals surface area contributed by atoms with E-state index in [1.54, 1.807) is 0 Å². The normalized spacial score (nSPS) is 25.4. The number of hydrogen-bond acceptors (Lipinski definition) is 4. The van der Waals surface area contributed by atoms with E-state index in [4.69, 9.17) is 4.74 Å². The van der Waals surface area contributed by atoms with Crippen molar-refractivity contribution in [2.45, 2.75) is 64.4 Å². The Morgan fingerprint density at radius 3 is 2.71 bits per heavy atom. The van der Waals surface area contributed by atoms with E-state index in [2.05, 4.69) is 42.2 Å². The molecule has 4 aliphatic rings. The SMILES string of the molecule is CC[N+](C)(C)CCCCCC(=O)N1CCC2(CC1)CC2CNC(=O)C1CC2=CCN(C)C=C2O1. The molecule has 3 heterocycles. The first-order valence-corrected chi connectivity index (χ1v) is 13.4. The zero-order valence-corrected chi connectivity index (χ0v) is 21.8. The Labute approximate surface area is 205 Å². The van der Waals surface area contributed by atoms with Gasteiger partial charge in [-0.1, -0.05) is 6.08 Å². The lowest BCUT2D eigenvalue weighted by Gasteiger charge is -2.33. The molecule has 2 unspecified atom stereocenters. The summed E-state index contributed by atoms with van der Waals surface area (Å²) in [6.45, 7) is 7.94. The third-order valence-corrected chi connectivity index (χ3v) is 8.75. The number of nitrogens with zero attached hydrogens (tertiary/aromatic N) is 3. The minimum Gasteiger partial charge on any atom is -0.478 e. The van der Waals surface area contributed by atoms with Crippen LogP contribution in [0.3, 0.4) is 0 Å². The van der Waals surface area contributed by atoms with E-state index in [-0.39, 0.29) is 5.91 Å². The van der Waals surface area contributed by atoms with Gasteiger partial charge in [0, 0.05) is 52.3 Å². The van der Waals surface area contributed by atoms with Crippen LogP contribution >= 0.6 is 0 Å². The summed E-state index contributed by atoms with van der Waals surface area (Å²) in [7, 11) is 6.55. The molecule has 3 fully saturated rings. The van der Waals surface area contributed by atoms with Gasteiger partial charge < -0.3 is 24.3 Å². The minimum absolute atomic E-state index is 0.00893. The van der Waals surface area contributed by atoms with Gasteiger partial charge in [0.1, 0.15) is 5.76 Å². The summed E-state index contributed by atoms with van der Waals surface area (Å²) in [5.41, 5.74) is 1.49. The van der Waals surface area contributed by atoms with Crippen LogP contribution in [0.15, 0.2) is 23.6 Å². The molecule has 7 nitrogen and oxygen atoms in total. The van der Waals surface area contributed by atoms with E-state index in [0.29, 0.717) is 30.1 Å². The minimum atomic E-state index is -0.398. The molecule has 2 atom stereocenters. The first-order chi connectivity index (χ1) is 16.2. The molecule has 1 saturated carbocycles. The first-order valence-electron chi connectivity index (χ1n) is 13.4. The Hall–Kier alpha value is -2.02. The summed E-state index contributed by atoms with van der Waals surface area (Å²) < 4.78 is 6.95. The number of likely N-dealkylation sites (tertiary alicyclic amines) is 1. The molecule has 1 N–H and O–H groups in total. The topological polar surface area (TPSA) is 61.9 Å². The maximum atomic E-state index is 12.7. The fourth-order valence-electron chi connectivity index (χ4n) is 5.70. The van der Waals surface area contributed by atoms with Gasteiger partial charge in [0.15, 0.2) is 6.10 Å². The average Bonchev–Trinajstić information content (AvgIpc) is 3.30. The number of rotatable bonds is 10. The molecule has 0 aromatic carbocycles. The highest BCUT2D eigenvalue weighted by atomic mass is 16.5. The number of carbonyl (C=O) groups excluding carboxylic acids is 2. The summed E-state index contributed by atoms with van der Waals surface area (Å²) in [6.07, 6.45) is 11.8. The second-order valence-electron chi connectivity index (χ2n) is 11.6. The van der Waals surface area contributed by atoms with Crippen LogP contribution in [0.4, 0.5) is 0 Å². The van der Waals surface area contributed by atoms with Gasteiger partial charge in [-0.2, -0.15) is 0 Å². The number of ether oxygens (including phenoxy) is 1. The monoisotopic (exact) mass is 473 g/mol. The van der Waals surface area contributed by atoms with Gasteiger partial charge >= 0.3 is 0 Å². The second-order valence-corrected chi connectivity index (χ2v) is 11.6. The zero-order valence-electron chi connectivity index (χ0n) is 21.8. The van der Waals surface area contributed by atoms with Crippen LogP contribution in [0.25, 0.3) is 0 Å². The molecule has 0 radical (unpaired) electrons. The number of quaternary nitrogens is 1. The van der Waals surface area contributed by atoms with Crippen LogP contribution in [-0.2, 0) is 14.3 Å². The highest BCUT2D eigenvalue weighted by molar-refractivity contribution is 5.82. The molecule has 190 valence electrons. The van der Waals surface area contributed by atoms with Crippen molar-refractivity contribution >= 4 is 11.8 Å². The van der Waals surface area contributed by atoms with Crippen LogP contribution in [0.5, 0.6) is 0 Å². The van der Waals surface area contributed by atoms with Crippen LogP contribution in [0.2, 0.25) is 0 Å². The molecule has 0 bridgehead atoms. The summed E-state index contributed by atoms with van der Waals surface area (Å²) >= 11 is 0. The van der Waals surface area contributed by atoms with Gasteiger partial charge in [-0.05, 0) is 62.4 Å². The van der Waals surface area contributed by atoms with Crippen molar-refractivity contribution in [3.63, 3.8) is 0 Å². The third-order valence-electron chi connectivity index (χ3n) is 8.75. The molecule has 34 heavy (non-hydrogen) atoms. The summed E-state index contributed by atoms with van der Waals surface area (Å²) in [4.78, 5) is 29.5. The number of piperidine rings is 1. The number of allylic oxidation sites excluding steroid dienone is 1. The molecule has 2 saturated heterocycles. The number of nitrogens with one attached hydrogen (secondary N) is 1. The Bertz CT molecular complexity index is 826. The maximum absolute atomic E-state index is 12.7. The molecule has 2 amide bonds. The zero-order chi connectivity index (χ0) is 24.3. The fraction of sp³-hybridized carbons (Fsp3) is 0.778. The second kappa shape index (κ2) is 10.3. The molecule has 1 spiro atoms. The number of unbranched alkanes of at least 4 members (excludes halogenated alkanes) is 2. The number of carbonyl (C=O) groups is 2. The van der Waals surface area contributed by atoms with Gasteiger partial charge in [-0.25, -0.2) is 0 Å². The maximum Gasteiger partial charge on any atom is 0.261 e. The van der Waals surface area contributed by atoms with E-state index in [1.165, 1.54) is 19.4 Å². The molecule has 7 heteroatoms. The summed E-state index contributed by atoms with van der Waals surface area (Å²) in [5.74, 6) is 1.73. The number of likely N-dealkylation sites (N-methyl/N-ethyl adjacent to an activating group) is 1. The number of hydrogen-bond donors (Lipinski definition) is 1. The Balaban J connectivity index is 1.11. The molecular formula is C27H45N4O3+. The Morgan fingerprint density at radius 2 is 1.97 bits per heavy atom. The van der Waals surface area contributed by atoms with E-state index in [1.807, 2.05) is 13.2 Å². The molecule has 1 aliphatic carbocycles. The van der Waals surface area contributed by atoms with Gasteiger partial charge in [0.2, 0.25) is 5.91 Å². The number of amides is 2. The lowest BCUT2D eigenvalue weighted by Crippen LogP contribution is -2.41. The van der Waals surface area contributed by atoms with E-state index in [9.17, 15) is 9.59 Å². The average molecular weight is 474 g/mol. The van der Waals surface area contributed by atoms with Crippen LogP contribution in [0, 0.1) is 11.3 Å². The van der Waals surface area contributed by atoms with E-state index < -0.39 is 6.10 Å². The summed E-state index contributed by atoms with van der Waals surface area (Å²) in [5, 5.41) is 3.15. The van der Waals surface area contributed by atoms with Crippen LogP contribution in [0.1, 0.15) is 58.3 Å². The van der Waals surface area contributed by atoms with E-state index >= 15 is 0 Å². The van der Waals surface area contributed by atoms with Crippen molar-refractivity contribution in [3.8, 4) is 0 Å². The van der Waals surface area contributed by atoms with Gasteiger partial charge in [0.25, 0.3) is 5.91 Å². The fourth-order valence-corrected chi connectivity index (χ4v) is 5.70. The molecule has 3 aliphatic heterocycles. The molecule has 0 aromatic heterocycles. The van der Waals surface area contributed by atoms with Gasteiger partial charge in [0.05, 0.1) is 27.2 Å².